The minimum absolute atomic E-state index is 0.00407. The molecule has 0 unspecified atom stereocenters. The number of carbonyl (C=O) groups is 1. The molecule has 0 saturated heterocycles. The molecule has 0 bridgehead atoms. The molecule has 0 amide bonds. The molecule has 3 nitrogen and oxygen atoms in total. The average Bonchev–Trinajstić information content (AvgIpc) is 2.91. The Morgan fingerprint density at radius 3 is 2.74 bits per heavy atom. The van der Waals surface area contributed by atoms with Crippen molar-refractivity contribution in [2.24, 2.45) is 0 Å². The summed E-state index contributed by atoms with van der Waals surface area (Å²) in [6, 6.07) is 9.43. The van der Waals surface area contributed by atoms with Crippen molar-refractivity contribution in [1.82, 2.24) is 0 Å². The SMILES string of the molecule is Cc1ccc(C(C)C)cc1OCC(=O)c1ccco1. The van der Waals surface area contributed by atoms with Gasteiger partial charge in [-0.15, -0.1) is 0 Å². The molecule has 2 aromatic rings. The summed E-state index contributed by atoms with van der Waals surface area (Å²) in [5.41, 5.74) is 2.22. The quantitative estimate of drug-likeness (QED) is 0.762. The molecule has 0 atom stereocenters. The summed E-state index contributed by atoms with van der Waals surface area (Å²) >= 11 is 0. The Balaban J connectivity index is 2.07. The van der Waals surface area contributed by atoms with Gasteiger partial charge in [0.15, 0.2) is 12.4 Å². The molecule has 0 N–H and O–H groups in total. The molecule has 3 heteroatoms. The molecule has 2 rings (SSSR count). The van der Waals surface area contributed by atoms with E-state index in [4.69, 9.17) is 9.15 Å². The zero-order valence-corrected chi connectivity index (χ0v) is 11.5. The van der Waals surface area contributed by atoms with Crippen LogP contribution < -0.4 is 4.74 Å². The Morgan fingerprint density at radius 1 is 1.32 bits per heavy atom. The highest BCUT2D eigenvalue weighted by molar-refractivity contribution is 5.94. The van der Waals surface area contributed by atoms with Crippen LogP contribution in [0.2, 0.25) is 0 Å². The fraction of sp³-hybridized carbons (Fsp3) is 0.312. The predicted octanol–water partition coefficient (Wildman–Crippen LogP) is 3.97. The van der Waals surface area contributed by atoms with Crippen molar-refractivity contribution in [3.8, 4) is 5.75 Å². The lowest BCUT2D eigenvalue weighted by molar-refractivity contribution is 0.0893. The molecule has 0 spiro atoms. The summed E-state index contributed by atoms with van der Waals surface area (Å²) in [7, 11) is 0. The number of rotatable bonds is 5. The van der Waals surface area contributed by atoms with Crippen LogP contribution in [0.25, 0.3) is 0 Å². The second kappa shape index (κ2) is 5.74. The Bertz CT molecular complexity index is 553. The first-order valence-electron chi connectivity index (χ1n) is 6.38. The number of furan rings is 1. The fourth-order valence-electron chi connectivity index (χ4n) is 1.78. The summed E-state index contributed by atoms with van der Waals surface area (Å²) < 4.78 is 10.7. The second-order valence-corrected chi connectivity index (χ2v) is 4.87. The van der Waals surface area contributed by atoms with Gasteiger partial charge in [0.05, 0.1) is 6.26 Å². The first kappa shape index (κ1) is 13.4. The standard InChI is InChI=1S/C16H18O3/c1-11(2)13-7-6-12(3)16(9-13)19-10-14(17)15-5-4-8-18-15/h4-9,11H,10H2,1-3H3. The molecule has 100 valence electrons. The molecule has 0 aliphatic carbocycles. The topological polar surface area (TPSA) is 39.4 Å². The van der Waals surface area contributed by atoms with Gasteiger partial charge in [-0.05, 0) is 42.2 Å². The van der Waals surface area contributed by atoms with Crippen molar-refractivity contribution in [3.63, 3.8) is 0 Å². The average molecular weight is 258 g/mol. The van der Waals surface area contributed by atoms with Crippen molar-refractivity contribution in [1.29, 1.82) is 0 Å². The Labute approximate surface area is 113 Å². The second-order valence-electron chi connectivity index (χ2n) is 4.87. The molecule has 0 saturated carbocycles. The maximum absolute atomic E-state index is 11.8. The number of benzene rings is 1. The zero-order valence-electron chi connectivity index (χ0n) is 11.5. The highest BCUT2D eigenvalue weighted by atomic mass is 16.5. The van der Waals surface area contributed by atoms with Crippen molar-refractivity contribution in [3.05, 3.63) is 53.5 Å². The number of hydrogen-bond donors (Lipinski definition) is 0. The van der Waals surface area contributed by atoms with Crippen molar-refractivity contribution in [2.45, 2.75) is 26.7 Å². The molecular weight excluding hydrogens is 240 g/mol. The van der Waals surface area contributed by atoms with Gasteiger partial charge in [-0.3, -0.25) is 4.79 Å². The van der Waals surface area contributed by atoms with Crippen molar-refractivity contribution >= 4 is 5.78 Å². The van der Waals surface area contributed by atoms with Crippen LogP contribution in [0.1, 0.15) is 41.4 Å². The minimum atomic E-state index is -0.153. The number of ether oxygens (including phenoxy) is 1. The number of carbonyl (C=O) groups excluding carboxylic acids is 1. The van der Waals surface area contributed by atoms with E-state index in [0.29, 0.717) is 11.7 Å². The van der Waals surface area contributed by atoms with E-state index in [1.54, 1.807) is 12.1 Å². The molecule has 19 heavy (non-hydrogen) atoms. The summed E-state index contributed by atoms with van der Waals surface area (Å²) in [5, 5.41) is 0. The smallest absolute Gasteiger partial charge is 0.235 e. The zero-order chi connectivity index (χ0) is 13.8. The van der Waals surface area contributed by atoms with Gasteiger partial charge < -0.3 is 9.15 Å². The molecular formula is C16H18O3. The molecule has 1 heterocycles. The van der Waals surface area contributed by atoms with E-state index in [9.17, 15) is 4.79 Å². The van der Waals surface area contributed by atoms with E-state index in [1.165, 1.54) is 11.8 Å². The van der Waals surface area contributed by atoms with Crippen LogP contribution in [0.4, 0.5) is 0 Å². The lowest BCUT2D eigenvalue weighted by atomic mass is 10.0. The lowest BCUT2D eigenvalue weighted by Gasteiger charge is -2.12. The first-order chi connectivity index (χ1) is 9.08. The highest BCUT2D eigenvalue weighted by Gasteiger charge is 2.11. The number of ketones is 1. The van der Waals surface area contributed by atoms with E-state index in [1.807, 2.05) is 19.1 Å². The van der Waals surface area contributed by atoms with Crippen LogP contribution in [0, 0.1) is 6.92 Å². The van der Waals surface area contributed by atoms with Gasteiger partial charge >= 0.3 is 0 Å². The van der Waals surface area contributed by atoms with Crippen LogP contribution in [0.5, 0.6) is 5.75 Å². The van der Waals surface area contributed by atoms with Crippen molar-refractivity contribution in [2.75, 3.05) is 6.61 Å². The molecule has 0 aliphatic heterocycles. The summed E-state index contributed by atoms with van der Waals surface area (Å²) in [4.78, 5) is 11.8. The van der Waals surface area contributed by atoms with Crippen LogP contribution in [-0.2, 0) is 0 Å². The molecule has 0 fully saturated rings. The van der Waals surface area contributed by atoms with Gasteiger partial charge in [0.25, 0.3) is 0 Å². The predicted molar refractivity (Wildman–Crippen MR) is 73.8 cm³/mol. The van der Waals surface area contributed by atoms with E-state index in [-0.39, 0.29) is 12.4 Å². The normalized spacial score (nSPS) is 10.7. The van der Waals surface area contributed by atoms with Crippen LogP contribution >= 0.6 is 0 Å². The van der Waals surface area contributed by atoms with Gasteiger partial charge in [0.2, 0.25) is 5.78 Å². The summed E-state index contributed by atoms with van der Waals surface area (Å²) in [6.45, 7) is 6.22. The van der Waals surface area contributed by atoms with E-state index >= 15 is 0 Å². The van der Waals surface area contributed by atoms with Gasteiger partial charge in [-0.25, -0.2) is 0 Å². The number of aryl methyl sites for hydroxylation is 1. The van der Waals surface area contributed by atoms with Gasteiger partial charge in [0.1, 0.15) is 5.75 Å². The molecule has 1 aromatic carbocycles. The molecule has 0 aliphatic rings. The van der Waals surface area contributed by atoms with Gasteiger partial charge in [-0.1, -0.05) is 26.0 Å². The van der Waals surface area contributed by atoms with E-state index < -0.39 is 0 Å². The van der Waals surface area contributed by atoms with Crippen molar-refractivity contribution < 1.29 is 13.9 Å². The van der Waals surface area contributed by atoms with Crippen LogP contribution in [0.3, 0.4) is 0 Å². The third kappa shape index (κ3) is 3.25. The molecule has 1 aromatic heterocycles. The number of Topliss-reactive ketones (excluding diaryl/α,β-unsaturated/α-hetero) is 1. The van der Waals surface area contributed by atoms with E-state index in [2.05, 4.69) is 19.9 Å². The van der Waals surface area contributed by atoms with E-state index in [0.717, 1.165) is 11.3 Å². The summed E-state index contributed by atoms with van der Waals surface area (Å²) in [5.74, 6) is 1.37. The van der Waals surface area contributed by atoms with Gasteiger partial charge in [-0.2, -0.15) is 0 Å². The maximum atomic E-state index is 11.8. The lowest BCUT2D eigenvalue weighted by Crippen LogP contribution is -2.11. The largest absolute Gasteiger partial charge is 0.485 e. The fourth-order valence-corrected chi connectivity index (χ4v) is 1.78. The van der Waals surface area contributed by atoms with Crippen LogP contribution in [-0.4, -0.2) is 12.4 Å². The Hall–Kier alpha value is -2.03. The maximum Gasteiger partial charge on any atom is 0.235 e. The first-order valence-corrected chi connectivity index (χ1v) is 6.38. The highest BCUT2D eigenvalue weighted by Crippen LogP contribution is 2.24. The third-order valence-electron chi connectivity index (χ3n) is 3.03. The van der Waals surface area contributed by atoms with Gasteiger partial charge in [0, 0.05) is 0 Å². The van der Waals surface area contributed by atoms with Crippen LogP contribution in [0.15, 0.2) is 41.0 Å². The summed E-state index contributed by atoms with van der Waals surface area (Å²) in [6.07, 6.45) is 1.48. The third-order valence-corrected chi connectivity index (χ3v) is 3.03. The minimum Gasteiger partial charge on any atom is -0.485 e. The number of hydrogen-bond acceptors (Lipinski definition) is 3. The Kier molecular flexibility index (Phi) is 4.05. The monoisotopic (exact) mass is 258 g/mol. The molecule has 0 radical (unpaired) electrons. The Morgan fingerprint density at radius 2 is 2.11 bits per heavy atom.